The van der Waals surface area contributed by atoms with E-state index in [-0.39, 0.29) is 4.32 Å². The molecular weight excluding hydrogens is 547 g/mol. The van der Waals surface area contributed by atoms with E-state index in [1.54, 1.807) is 12.1 Å². The maximum Gasteiger partial charge on any atom is 0.338 e. The zero-order valence-corrected chi connectivity index (χ0v) is 22.6. The van der Waals surface area contributed by atoms with Crippen molar-refractivity contribution in [1.82, 2.24) is 15.0 Å². The largest absolute Gasteiger partial charge is 0.342 e. The molecule has 1 aliphatic heterocycles. The molecule has 1 aromatic heterocycles. The fourth-order valence-corrected chi connectivity index (χ4v) is 5.42. The zero-order chi connectivity index (χ0) is 26.1. The summed E-state index contributed by atoms with van der Waals surface area (Å²) in [6.45, 7) is 2.76. The Hall–Kier alpha value is -3.30. The zero-order valence-electron chi connectivity index (χ0n) is 19.5. The highest BCUT2D eigenvalue weighted by atomic mass is 35.5. The Labute approximate surface area is 233 Å². The van der Waals surface area contributed by atoms with Gasteiger partial charge in [0, 0.05) is 34.9 Å². The van der Waals surface area contributed by atoms with Crippen molar-refractivity contribution in [3.63, 3.8) is 0 Å². The Bertz CT molecular complexity index is 1580. The van der Waals surface area contributed by atoms with Crippen molar-refractivity contribution in [3.8, 4) is 0 Å². The third-order valence-electron chi connectivity index (χ3n) is 5.76. The van der Waals surface area contributed by atoms with Crippen LogP contribution in [-0.2, 0) is 11.3 Å². The minimum Gasteiger partial charge on any atom is -0.342 e. The van der Waals surface area contributed by atoms with Gasteiger partial charge in [0.25, 0.3) is 5.91 Å². The number of carbonyl (C=O) groups excluding carboxylic acids is 2. The summed E-state index contributed by atoms with van der Waals surface area (Å²) in [5.74, 6) is -0.408. The van der Waals surface area contributed by atoms with E-state index in [0.717, 1.165) is 33.2 Å². The van der Waals surface area contributed by atoms with Crippen LogP contribution in [0, 0.1) is 6.92 Å². The first-order valence-corrected chi connectivity index (χ1v) is 13.2. The molecule has 0 atom stereocenters. The molecule has 186 valence electrons. The van der Waals surface area contributed by atoms with Crippen LogP contribution in [-0.4, -0.2) is 25.8 Å². The lowest BCUT2D eigenvalue weighted by Crippen LogP contribution is -2.46. The van der Waals surface area contributed by atoms with Gasteiger partial charge >= 0.3 is 6.03 Å². The first kappa shape index (κ1) is 25.4. The van der Waals surface area contributed by atoms with Gasteiger partial charge in [0.05, 0.1) is 15.0 Å². The van der Waals surface area contributed by atoms with Crippen LogP contribution in [0.25, 0.3) is 17.0 Å². The van der Waals surface area contributed by atoms with E-state index in [2.05, 4.69) is 52.6 Å². The molecule has 0 bridgehead atoms. The molecule has 0 aliphatic carbocycles. The molecule has 2 N–H and O–H groups in total. The van der Waals surface area contributed by atoms with E-state index in [1.807, 2.05) is 30.5 Å². The molecule has 6 nitrogen and oxygen atoms in total. The van der Waals surface area contributed by atoms with Crippen LogP contribution < -0.4 is 10.7 Å². The van der Waals surface area contributed by atoms with E-state index in [0.29, 0.717) is 27.2 Å². The van der Waals surface area contributed by atoms with Gasteiger partial charge < -0.3 is 9.88 Å². The summed E-state index contributed by atoms with van der Waals surface area (Å²) in [5, 5.41) is 5.37. The van der Waals surface area contributed by atoms with Gasteiger partial charge in [-0.1, -0.05) is 83.0 Å². The molecule has 0 unspecified atom stereocenters. The summed E-state index contributed by atoms with van der Waals surface area (Å²) >= 11 is 18.4. The molecule has 3 aromatic carbocycles. The summed E-state index contributed by atoms with van der Waals surface area (Å²) in [7, 11) is 0. The van der Waals surface area contributed by atoms with E-state index in [9.17, 15) is 9.59 Å². The van der Waals surface area contributed by atoms with Gasteiger partial charge in [-0.15, -0.1) is 0 Å². The molecular formula is C27H20Cl2N4O2S2. The van der Waals surface area contributed by atoms with Crippen LogP contribution in [0.1, 0.15) is 16.7 Å². The maximum atomic E-state index is 13.1. The molecule has 0 radical (unpaired) electrons. The number of para-hydroxylation sites is 1. The highest BCUT2D eigenvalue weighted by Crippen LogP contribution is 2.34. The van der Waals surface area contributed by atoms with Gasteiger partial charge in [-0.05, 0) is 55.0 Å². The monoisotopic (exact) mass is 566 g/mol. The molecule has 3 amide bonds. The predicted octanol–water partition coefficient (Wildman–Crippen LogP) is 7.24. The maximum absolute atomic E-state index is 13.1. The second kappa shape index (κ2) is 10.6. The summed E-state index contributed by atoms with van der Waals surface area (Å²) in [5.41, 5.74) is 7.28. The SMILES string of the molecule is Cc1ccc(Cn2cc(/C=C3\SC(=S)N(NC(=O)Nc4ccc(Cl)c(Cl)c4)C3=O)c3ccccc32)cc1. The van der Waals surface area contributed by atoms with E-state index < -0.39 is 11.9 Å². The van der Waals surface area contributed by atoms with Gasteiger partial charge in [-0.3, -0.25) is 4.79 Å². The summed E-state index contributed by atoms with van der Waals surface area (Å²) in [4.78, 5) is 26.1. The number of nitrogens with one attached hydrogen (secondary N) is 2. The number of carbonyl (C=O) groups is 2. The minimum absolute atomic E-state index is 0.226. The average molecular weight is 568 g/mol. The smallest absolute Gasteiger partial charge is 0.338 e. The number of halogens is 2. The molecule has 10 heteroatoms. The highest BCUT2D eigenvalue weighted by Gasteiger charge is 2.34. The van der Waals surface area contributed by atoms with E-state index >= 15 is 0 Å². The number of aryl methyl sites for hydroxylation is 1. The van der Waals surface area contributed by atoms with Gasteiger partial charge in [0.2, 0.25) is 0 Å². The number of rotatable bonds is 5. The Morgan fingerprint density at radius 3 is 2.57 bits per heavy atom. The molecule has 1 fully saturated rings. The van der Waals surface area contributed by atoms with Gasteiger partial charge in [0.15, 0.2) is 4.32 Å². The van der Waals surface area contributed by atoms with Crippen LogP contribution in [0.3, 0.4) is 0 Å². The number of fused-ring (bicyclic) bond motifs is 1. The minimum atomic E-state index is -0.634. The number of amides is 3. The third kappa shape index (κ3) is 5.52. The first-order valence-electron chi connectivity index (χ1n) is 11.2. The van der Waals surface area contributed by atoms with Crippen LogP contribution in [0.15, 0.2) is 77.8 Å². The Morgan fingerprint density at radius 2 is 1.81 bits per heavy atom. The van der Waals surface area contributed by atoms with Gasteiger partial charge in [-0.25, -0.2) is 10.2 Å². The molecule has 0 saturated carbocycles. The highest BCUT2D eigenvalue weighted by molar-refractivity contribution is 8.26. The number of nitrogens with zero attached hydrogens (tertiary/aromatic N) is 2. The third-order valence-corrected chi connectivity index (χ3v) is 7.81. The number of hydrogen-bond acceptors (Lipinski definition) is 4. The summed E-state index contributed by atoms with van der Waals surface area (Å²) in [6.07, 6.45) is 3.84. The number of hydrogen-bond donors (Lipinski definition) is 2. The van der Waals surface area contributed by atoms with Crippen LogP contribution in [0.4, 0.5) is 10.5 Å². The van der Waals surface area contributed by atoms with Crippen molar-refractivity contribution in [1.29, 1.82) is 0 Å². The second-order valence-electron chi connectivity index (χ2n) is 8.43. The van der Waals surface area contributed by atoms with Crippen LogP contribution in [0.2, 0.25) is 10.0 Å². The lowest BCUT2D eigenvalue weighted by atomic mass is 10.1. The lowest BCUT2D eigenvalue weighted by molar-refractivity contribution is -0.123. The van der Waals surface area contributed by atoms with Crippen LogP contribution in [0.5, 0.6) is 0 Å². The molecule has 1 saturated heterocycles. The number of urea groups is 1. The van der Waals surface area contributed by atoms with Crippen molar-refractivity contribution in [2.24, 2.45) is 0 Å². The first-order chi connectivity index (χ1) is 17.8. The quantitative estimate of drug-likeness (QED) is 0.197. The second-order valence-corrected chi connectivity index (χ2v) is 10.9. The van der Waals surface area contributed by atoms with Crippen LogP contribution >= 0.6 is 47.2 Å². The molecule has 2 heterocycles. The number of thioether (sulfide) groups is 1. The molecule has 4 aromatic rings. The van der Waals surface area contributed by atoms with Gasteiger partial charge in [-0.2, -0.15) is 5.01 Å². The Balaban J connectivity index is 1.36. The van der Waals surface area contributed by atoms with Crippen molar-refractivity contribution < 1.29 is 9.59 Å². The van der Waals surface area contributed by atoms with Crippen molar-refractivity contribution in [3.05, 3.63) is 105 Å². The van der Waals surface area contributed by atoms with E-state index in [4.69, 9.17) is 35.4 Å². The lowest BCUT2D eigenvalue weighted by Gasteiger charge is -2.16. The number of anilines is 1. The topological polar surface area (TPSA) is 66.4 Å². The summed E-state index contributed by atoms with van der Waals surface area (Å²) in [6, 6.07) is 20.5. The number of thiocarbonyl (C=S) groups is 1. The fourth-order valence-electron chi connectivity index (χ4n) is 3.95. The standard InChI is InChI=1S/C27H20Cl2N4O2S2/c1-16-6-8-17(9-7-16)14-32-15-18(20-4-2-3-5-23(20)32)12-24-25(34)33(27(36)37-24)31-26(35)30-19-10-11-21(28)22(29)13-19/h2-13,15H,14H2,1H3,(H2,30,31,35)/b24-12-. The van der Waals surface area contributed by atoms with E-state index in [1.165, 1.54) is 17.2 Å². The molecule has 37 heavy (non-hydrogen) atoms. The van der Waals surface area contributed by atoms with Crippen molar-refractivity contribution in [2.45, 2.75) is 13.5 Å². The number of hydrazine groups is 1. The number of aromatic nitrogens is 1. The predicted molar refractivity (Wildman–Crippen MR) is 156 cm³/mol. The molecule has 0 spiro atoms. The Morgan fingerprint density at radius 1 is 1.05 bits per heavy atom. The average Bonchev–Trinajstić information content (AvgIpc) is 3.35. The molecule has 1 aliphatic rings. The fraction of sp³-hybridized carbons (Fsp3) is 0.0741. The van der Waals surface area contributed by atoms with Crippen molar-refractivity contribution in [2.75, 3.05) is 5.32 Å². The summed E-state index contributed by atoms with van der Waals surface area (Å²) < 4.78 is 2.39. The van der Waals surface area contributed by atoms with Crippen molar-refractivity contribution >= 4 is 86.1 Å². The van der Waals surface area contributed by atoms with Gasteiger partial charge in [0.1, 0.15) is 0 Å². The Kier molecular flexibility index (Phi) is 7.26. The normalized spacial score (nSPS) is 14.6. The molecule has 5 rings (SSSR count). The number of benzene rings is 3.